The Morgan fingerprint density at radius 1 is 0.946 bits per heavy atom. The maximum absolute atomic E-state index is 12.7. The number of ether oxygens (including phenoxy) is 2. The van der Waals surface area contributed by atoms with Gasteiger partial charge in [-0.2, -0.15) is 0 Å². The van der Waals surface area contributed by atoms with Crippen LogP contribution in [0.1, 0.15) is 28.4 Å². The first-order chi connectivity index (χ1) is 17.8. The van der Waals surface area contributed by atoms with Gasteiger partial charge in [-0.3, -0.25) is 9.10 Å². The molecule has 3 aromatic carbocycles. The highest BCUT2D eigenvalue weighted by Gasteiger charge is 2.18. The quantitative estimate of drug-likeness (QED) is 0.435. The first kappa shape index (κ1) is 26.5. The van der Waals surface area contributed by atoms with Gasteiger partial charge in [-0.05, 0) is 66.6 Å². The van der Waals surface area contributed by atoms with E-state index in [2.05, 4.69) is 22.3 Å². The standard InChI is InChI=1S/C28H33N3O5S/c1-3-36-27-14-12-26(13-15-27)31(37(2,33)34)21-23-4-8-24(9-5-23)28(32)29-20-22-6-10-25(11-7-22)30-16-18-35-19-17-30/h4-15H,3,16-21H2,1-2H3,(H,29,32). The fourth-order valence-electron chi connectivity index (χ4n) is 4.13. The Labute approximate surface area is 218 Å². The summed E-state index contributed by atoms with van der Waals surface area (Å²) in [5, 5.41) is 2.95. The second-order valence-corrected chi connectivity index (χ2v) is 10.7. The molecule has 9 heteroatoms. The average molecular weight is 524 g/mol. The van der Waals surface area contributed by atoms with Crippen LogP contribution in [-0.4, -0.2) is 53.5 Å². The Morgan fingerprint density at radius 3 is 2.16 bits per heavy atom. The van der Waals surface area contributed by atoms with E-state index in [0.29, 0.717) is 30.2 Å². The third-order valence-electron chi connectivity index (χ3n) is 6.14. The third kappa shape index (κ3) is 7.24. The number of amides is 1. The second kappa shape index (κ2) is 12.1. The third-order valence-corrected chi connectivity index (χ3v) is 7.28. The van der Waals surface area contributed by atoms with E-state index in [1.54, 1.807) is 48.5 Å². The molecule has 1 N–H and O–H groups in total. The van der Waals surface area contributed by atoms with E-state index >= 15 is 0 Å². The van der Waals surface area contributed by atoms with Crippen molar-refractivity contribution >= 4 is 27.3 Å². The lowest BCUT2D eigenvalue weighted by Crippen LogP contribution is -2.36. The van der Waals surface area contributed by atoms with Crippen molar-refractivity contribution in [3.05, 3.63) is 89.5 Å². The zero-order chi connectivity index (χ0) is 26.3. The maximum atomic E-state index is 12.7. The Balaban J connectivity index is 1.35. The predicted molar refractivity (Wildman–Crippen MR) is 146 cm³/mol. The van der Waals surface area contributed by atoms with Gasteiger partial charge in [-0.25, -0.2) is 8.42 Å². The van der Waals surface area contributed by atoms with Crippen LogP contribution in [0.4, 0.5) is 11.4 Å². The van der Waals surface area contributed by atoms with Gasteiger partial charge in [0.1, 0.15) is 5.75 Å². The molecule has 0 spiro atoms. The van der Waals surface area contributed by atoms with E-state index < -0.39 is 10.0 Å². The molecule has 0 unspecified atom stereocenters. The summed E-state index contributed by atoms with van der Waals surface area (Å²) < 4.78 is 37.1. The molecule has 1 aliphatic heterocycles. The minimum atomic E-state index is -3.51. The van der Waals surface area contributed by atoms with Crippen molar-refractivity contribution in [3.8, 4) is 5.75 Å². The van der Waals surface area contributed by atoms with E-state index in [-0.39, 0.29) is 12.5 Å². The zero-order valence-corrected chi connectivity index (χ0v) is 22.0. The number of hydrogen-bond acceptors (Lipinski definition) is 6. The van der Waals surface area contributed by atoms with Crippen LogP contribution in [0.2, 0.25) is 0 Å². The molecular formula is C28H33N3O5S. The second-order valence-electron chi connectivity index (χ2n) is 8.84. The van der Waals surface area contributed by atoms with Crippen LogP contribution >= 0.6 is 0 Å². The first-order valence-electron chi connectivity index (χ1n) is 12.3. The van der Waals surface area contributed by atoms with Crippen molar-refractivity contribution in [2.45, 2.75) is 20.0 Å². The summed E-state index contributed by atoms with van der Waals surface area (Å²) in [6.45, 7) is 6.26. The van der Waals surface area contributed by atoms with Crippen molar-refractivity contribution in [2.24, 2.45) is 0 Å². The molecule has 1 heterocycles. The van der Waals surface area contributed by atoms with E-state index in [4.69, 9.17) is 9.47 Å². The molecule has 0 bridgehead atoms. The predicted octanol–water partition coefficient (Wildman–Crippen LogP) is 3.82. The normalized spacial score (nSPS) is 13.7. The van der Waals surface area contributed by atoms with E-state index in [0.717, 1.165) is 43.1 Å². The lowest BCUT2D eigenvalue weighted by molar-refractivity contribution is 0.0951. The minimum absolute atomic E-state index is 0.157. The van der Waals surface area contributed by atoms with Gasteiger partial charge >= 0.3 is 0 Å². The summed E-state index contributed by atoms with van der Waals surface area (Å²) in [4.78, 5) is 15.0. The first-order valence-corrected chi connectivity index (χ1v) is 14.2. The van der Waals surface area contributed by atoms with Crippen LogP contribution in [0.25, 0.3) is 0 Å². The zero-order valence-electron chi connectivity index (χ0n) is 21.2. The van der Waals surface area contributed by atoms with Crippen molar-refractivity contribution < 1.29 is 22.7 Å². The minimum Gasteiger partial charge on any atom is -0.494 e. The molecule has 37 heavy (non-hydrogen) atoms. The van der Waals surface area contributed by atoms with Crippen LogP contribution in [0.5, 0.6) is 5.75 Å². The molecule has 0 aliphatic carbocycles. The number of hydrogen-bond donors (Lipinski definition) is 1. The fraction of sp³-hybridized carbons (Fsp3) is 0.321. The van der Waals surface area contributed by atoms with Gasteiger partial charge in [-0.1, -0.05) is 24.3 Å². The number of nitrogens with one attached hydrogen (secondary N) is 1. The molecule has 1 amide bonds. The SMILES string of the molecule is CCOc1ccc(N(Cc2ccc(C(=O)NCc3ccc(N4CCOCC4)cc3)cc2)S(C)(=O)=O)cc1. The van der Waals surface area contributed by atoms with Crippen LogP contribution < -0.4 is 19.3 Å². The number of anilines is 2. The van der Waals surface area contributed by atoms with Crippen molar-refractivity contribution in [2.75, 3.05) is 48.4 Å². The monoisotopic (exact) mass is 523 g/mol. The molecule has 0 saturated carbocycles. The number of rotatable bonds is 10. The molecular weight excluding hydrogens is 490 g/mol. The van der Waals surface area contributed by atoms with Gasteiger partial charge in [0.05, 0.1) is 38.3 Å². The van der Waals surface area contributed by atoms with Crippen molar-refractivity contribution in [1.29, 1.82) is 0 Å². The number of nitrogens with zero attached hydrogens (tertiary/aromatic N) is 2. The Kier molecular flexibility index (Phi) is 8.68. The summed E-state index contributed by atoms with van der Waals surface area (Å²) in [6, 6.07) is 22.1. The molecule has 3 aromatic rings. The summed E-state index contributed by atoms with van der Waals surface area (Å²) in [6.07, 6.45) is 1.18. The van der Waals surface area contributed by atoms with Gasteiger partial charge in [0.15, 0.2) is 0 Å². The molecule has 1 saturated heterocycles. The Hall–Kier alpha value is -3.56. The van der Waals surface area contributed by atoms with Gasteiger partial charge in [-0.15, -0.1) is 0 Å². The van der Waals surface area contributed by atoms with E-state index in [1.807, 2.05) is 19.1 Å². The summed E-state index contributed by atoms with van der Waals surface area (Å²) >= 11 is 0. The highest BCUT2D eigenvalue weighted by molar-refractivity contribution is 7.92. The van der Waals surface area contributed by atoms with Crippen LogP contribution in [-0.2, 0) is 27.8 Å². The average Bonchev–Trinajstić information content (AvgIpc) is 2.92. The Bertz CT molecular complexity index is 1270. The van der Waals surface area contributed by atoms with Crippen LogP contribution in [0.15, 0.2) is 72.8 Å². The lowest BCUT2D eigenvalue weighted by atomic mass is 10.1. The largest absolute Gasteiger partial charge is 0.494 e. The van der Waals surface area contributed by atoms with Gasteiger partial charge in [0.2, 0.25) is 10.0 Å². The highest BCUT2D eigenvalue weighted by atomic mass is 32.2. The van der Waals surface area contributed by atoms with Crippen LogP contribution in [0, 0.1) is 0 Å². The molecule has 0 atom stereocenters. The van der Waals surface area contributed by atoms with Crippen molar-refractivity contribution in [3.63, 3.8) is 0 Å². The lowest BCUT2D eigenvalue weighted by Gasteiger charge is -2.28. The fourth-order valence-corrected chi connectivity index (χ4v) is 5.02. The summed E-state index contributed by atoms with van der Waals surface area (Å²) in [5.74, 6) is 0.499. The van der Waals surface area contributed by atoms with E-state index in [1.165, 1.54) is 10.6 Å². The summed E-state index contributed by atoms with van der Waals surface area (Å²) in [5.41, 5.74) is 4.01. The van der Waals surface area contributed by atoms with Crippen molar-refractivity contribution in [1.82, 2.24) is 5.32 Å². The molecule has 0 aromatic heterocycles. The molecule has 1 fully saturated rings. The molecule has 8 nitrogen and oxygen atoms in total. The molecule has 0 radical (unpaired) electrons. The number of morpholine rings is 1. The Morgan fingerprint density at radius 2 is 1.57 bits per heavy atom. The maximum Gasteiger partial charge on any atom is 0.251 e. The number of carbonyl (C=O) groups excluding carboxylic acids is 1. The topological polar surface area (TPSA) is 88.2 Å². The number of carbonyl (C=O) groups is 1. The molecule has 1 aliphatic rings. The molecule has 4 rings (SSSR count). The molecule has 196 valence electrons. The summed E-state index contributed by atoms with van der Waals surface area (Å²) in [7, 11) is -3.51. The van der Waals surface area contributed by atoms with E-state index in [9.17, 15) is 13.2 Å². The van der Waals surface area contributed by atoms with Gasteiger partial charge < -0.3 is 19.7 Å². The van der Waals surface area contributed by atoms with Crippen LogP contribution in [0.3, 0.4) is 0 Å². The smallest absolute Gasteiger partial charge is 0.251 e. The number of benzene rings is 3. The van der Waals surface area contributed by atoms with Gasteiger partial charge in [0.25, 0.3) is 5.91 Å². The highest BCUT2D eigenvalue weighted by Crippen LogP contribution is 2.24. The van der Waals surface area contributed by atoms with Gasteiger partial charge in [0, 0.05) is 30.9 Å². The number of sulfonamides is 1.